The Morgan fingerprint density at radius 2 is 2.33 bits per heavy atom. The molecule has 1 aliphatic heterocycles. The number of nitrogens with one attached hydrogen (secondary N) is 2. The molecular formula is C13H14ClN3O. The number of benzene rings is 1. The van der Waals surface area contributed by atoms with Crippen LogP contribution in [0, 0.1) is 23.2 Å². The molecule has 1 unspecified atom stereocenters. The first kappa shape index (κ1) is 12.9. The molecule has 1 fully saturated rings. The van der Waals surface area contributed by atoms with E-state index in [9.17, 15) is 4.79 Å². The molecule has 2 N–H and O–H groups in total. The van der Waals surface area contributed by atoms with Crippen molar-refractivity contribution in [3.8, 4) is 6.07 Å². The summed E-state index contributed by atoms with van der Waals surface area (Å²) in [7, 11) is 0. The molecule has 1 saturated heterocycles. The van der Waals surface area contributed by atoms with Gasteiger partial charge in [0.15, 0.2) is 0 Å². The van der Waals surface area contributed by atoms with Gasteiger partial charge in [-0.05, 0) is 37.2 Å². The molecule has 0 bridgehead atoms. The van der Waals surface area contributed by atoms with Gasteiger partial charge in [0.2, 0.25) is 5.91 Å². The van der Waals surface area contributed by atoms with Crippen LogP contribution in [0.2, 0.25) is 5.02 Å². The monoisotopic (exact) mass is 263 g/mol. The number of hydrogen-bond donors (Lipinski definition) is 2. The van der Waals surface area contributed by atoms with Gasteiger partial charge in [-0.25, -0.2) is 0 Å². The van der Waals surface area contributed by atoms with E-state index in [0.717, 1.165) is 13.1 Å². The molecule has 94 valence electrons. The molecule has 0 aromatic heterocycles. The molecule has 0 aliphatic carbocycles. The molecular weight excluding hydrogens is 250 g/mol. The number of carbonyl (C=O) groups is 1. The third-order valence-corrected chi connectivity index (χ3v) is 3.60. The van der Waals surface area contributed by atoms with Crippen LogP contribution in [-0.2, 0) is 4.79 Å². The van der Waals surface area contributed by atoms with Crippen molar-refractivity contribution in [1.82, 2.24) is 5.32 Å². The Morgan fingerprint density at radius 3 is 2.83 bits per heavy atom. The van der Waals surface area contributed by atoms with Crippen LogP contribution >= 0.6 is 11.6 Å². The predicted molar refractivity (Wildman–Crippen MR) is 70.3 cm³/mol. The van der Waals surface area contributed by atoms with Crippen LogP contribution in [0.1, 0.15) is 12.5 Å². The van der Waals surface area contributed by atoms with Gasteiger partial charge in [-0.2, -0.15) is 5.26 Å². The summed E-state index contributed by atoms with van der Waals surface area (Å²) in [4.78, 5) is 12.0. The van der Waals surface area contributed by atoms with Gasteiger partial charge in [0.05, 0.1) is 10.6 Å². The smallest absolute Gasteiger partial charge is 0.227 e. The predicted octanol–water partition coefficient (Wildman–Crippen LogP) is 2.01. The zero-order chi connectivity index (χ0) is 13.1. The normalized spacial score (nSPS) is 16.5. The first-order chi connectivity index (χ1) is 8.61. The molecule has 2 rings (SSSR count). The molecule has 1 amide bonds. The van der Waals surface area contributed by atoms with Crippen molar-refractivity contribution in [1.29, 1.82) is 5.26 Å². The van der Waals surface area contributed by atoms with Crippen LogP contribution < -0.4 is 10.6 Å². The second kappa shape index (κ2) is 5.38. The van der Waals surface area contributed by atoms with Crippen molar-refractivity contribution in [2.45, 2.75) is 6.92 Å². The molecule has 1 aliphatic rings. The van der Waals surface area contributed by atoms with Crippen LogP contribution in [0.5, 0.6) is 0 Å². The van der Waals surface area contributed by atoms with E-state index in [1.54, 1.807) is 18.2 Å². The zero-order valence-electron chi connectivity index (χ0n) is 10.0. The average Bonchev–Trinajstić information content (AvgIpc) is 2.26. The standard InChI is InChI=1S/C13H14ClN3O/c1-8(10-6-16-7-10)13(18)17-11-3-2-9(5-15)12(14)4-11/h2-4,8,10,16H,6-7H2,1H3,(H,17,18). The third kappa shape index (κ3) is 2.63. The molecule has 0 spiro atoms. The molecule has 18 heavy (non-hydrogen) atoms. The summed E-state index contributed by atoms with van der Waals surface area (Å²) in [5.74, 6) is 0.363. The highest BCUT2D eigenvalue weighted by atomic mass is 35.5. The van der Waals surface area contributed by atoms with Gasteiger partial charge in [-0.3, -0.25) is 4.79 Å². The van der Waals surface area contributed by atoms with E-state index in [-0.39, 0.29) is 11.8 Å². The lowest BCUT2D eigenvalue weighted by Crippen LogP contribution is -2.48. The summed E-state index contributed by atoms with van der Waals surface area (Å²) < 4.78 is 0. The molecule has 4 nitrogen and oxygen atoms in total. The second-order valence-corrected chi connectivity index (χ2v) is 4.91. The highest BCUT2D eigenvalue weighted by Gasteiger charge is 2.28. The maximum Gasteiger partial charge on any atom is 0.227 e. The molecule has 1 aromatic rings. The third-order valence-electron chi connectivity index (χ3n) is 3.29. The Hall–Kier alpha value is -1.57. The van der Waals surface area contributed by atoms with E-state index >= 15 is 0 Å². The maximum absolute atomic E-state index is 12.0. The molecule has 0 saturated carbocycles. The summed E-state index contributed by atoms with van der Waals surface area (Å²) in [5.41, 5.74) is 1.04. The van der Waals surface area contributed by atoms with E-state index < -0.39 is 0 Å². The van der Waals surface area contributed by atoms with Crippen LogP contribution in [0.25, 0.3) is 0 Å². The Morgan fingerprint density at radius 1 is 1.61 bits per heavy atom. The topological polar surface area (TPSA) is 64.9 Å². The van der Waals surface area contributed by atoms with Gasteiger partial charge in [0.25, 0.3) is 0 Å². The molecule has 0 radical (unpaired) electrons. The van der Waals surface area contributed by atoms with Crippen LogP contribution in [0.4, 0.5) is 5.69 Å². The quantitative estimate of drug-likeness (QED) is 0.877. The average molecular weight is 264 g/mol. The maximum atomic E-state index is 12.0. The Bertz CT molecular complexity index is 505. The van der Waals surface area contributed by atoms with Gasteiger partial charge in [-0.1, -0.05) is 18.5 Å². The minimum Gasteiger partial charge on any atom is -0.326 e. The minimum atomic E-state index is -0.0272. The first-order valence-electron chi connectivity index (χ1n) is 5.83. The number of nitrogens with zero attached hydrogens (tertiary/aromatic N) is 1. The van der Waals surface area contributed by atoms with Gasteiger partial charge in [0, 0.05) is 11.6 Å². The lowest BCUT2D eigenvalue weighted by molar-refractivity contribution is -0.121. The van der Waals surface area contributed by atoms with Gasteiger partial charge in [-0.15, -0.1) is 0 Å². The number of rotatable bonds is 3. The fourth-order valence-corrected chi connectivity index (χ4v) is 2.04. The zero-order valence-corrected chi connectivity index (χ0v) is 10.8. The Labute approximate surface area is 111 Å². The van der Waals surface area contributed by atoms with E-state index in [0.29, 0.717) is 22.2 Å². The largest absolute Gasteiger partial charge is 0.326 e. The number of carbonyl (C=O) groups excluding carboxylic acids is 1. The van der Waals surface area contributed by atoms with E-state index in [1.807, 2.05) is 13.0 Å². The van der Waals surface area contributed by atoms with E-state index in [2.05, 4.69) is 10.6 Å². The number of hydrogen-bond acceptors (Lipinski definition) is 3. The summed E-state index contributed by atoms with van der Waals surface area (Å²) >= 11 is 5.91. The highest BCUT2D eigenvalue weighted by molar-refractivity contribution is 6.32. The summed E-state index contributed by atoms with van der Waals surface area (Å²) in [6, 6.07) is 6.88. The SMILES string of the molecule is CC(C(=O)Nc1ccc(C#N)c(Cl)c1)C1CNC1. The second-order valence-electron chi connectivity index (χ2n) is 4.50. The molecule has 1 heterocycles. The lowest BCUT2D eigenvalue weighted by Gasteiger charge is -2.31. The van der Waals surface area contributed by atoms with Crippen molar-refractivity contribution in [3.63, 3.8) is 0 Å². The van der Waals surface area contributed by atoms with Gasteiger partial charge in [0.1, 0.15) is 6.07 Å². The number of amides is 1. The summed E-state index contributed by atoms with van der Waals surface area (Å²) in [6.45, 7) is 3.71. The van der Waals surface area contributed by atoms with Crippen LogP contribution in [-0.4, -0.2) is 19.0 Å². The first-order valence-corrected chi connectivity index (χ1v) is 6.21. The molecule has 1 atom stereocenters. The van der Waals surface area contributed by atoms with Crippen LogP contribution in [0.15, 0.2) is 18.2 Å². The van der Waals surface area contributed by atoms with Gasteiger partial charge < -0.3 is 10.6 Å². The molecule has 5 heteroatoms. The van der Waals surface area contributed by atoms with Crippen molar-refractivity contribution >= 4 is 23.2 Å². The summed E-state index contributed by atoms with van der Waals surface area (Å²) in [6.07, 6.45) is 0. The van der Waals surface area contributed by atoms with Crippen molar-refractivity contribution in [3.05, 3.63) is 28.8 Å². The van der Waals surface area contributed by atoms with E-state index in [1.165, 1.54) is 0 Å². The Balaban J connectivity index is 2.02. The molecule has 1 aromatic carbocycles. The van der Waals surface area contributed by atoms with Crippen molar-refractivity contribution in [2.75, 3.05) is 18.4 Å². The van der Waals surface area contributed by atoms with Crippen molar-refractivity contribution < 1.29 is 4.79 Å². The number of halogens is 1. The Kier molecular flexibility index (Phi) is 3.85. The number of nitriles is 1. The van der Waals surface area contributed by atoms with E-state index in [4.69, 9.17) is 16.9 Å². The minimum absolute atomic E-state index is 0.0118. The number of anilines is 1. The summed E-state index contributed by atoms with van der Waals surface area (Å²) in [5, 5.41) is 15.1. The van der Waals surface area contributed by atoms with Gasteiger partial charge >= 0.3 is 0 Å². The highest BCUT2D eigenvalue weighted by Crippen LogP contribution is 2.22. The van der Waals surface area contributed by atoms with Crippen LogP contribution in [0.3, 0.4) is 0 Å². The van der Waals surface area contributed by atoms with Crippen molar-refractivity contribution in [2.24, 2.45) is 11.8 Å². The lowest BCUT2D eigenvalue weighted by atomic mass is 9.88. The fourth-order valence-electron chi connectivity index (χ4n) is 1.82. The fraction of sp³-hybridized carbons (Fsp3) is 0.385.